The van der Waals surface area contributed by atoms with E-state index < -0.39 is 4.92 Å². The van der Waals surface area contributed by atoms with Crippen LogP contribution in [-0.2, 0) is 0 Å². The Kier molecular flexibility index (Phi) is 3.64. The quantitative estimate of drug-likeness (QED) is 0.365. The molecular weight excluding hydrogens is 278 g/mol. The molecule has 2 aromatic heterocycles. The van der Waals surface area contributed by atoms with Gasteiger partial charge in [0.15, 0.2) is 9.37 Å². The van der Waals surface area contributed by atoms with E-state index in [0.29, 0.717) is 4.34 Å². The third kappa shape index (κ3) is 2.69. The van der Waals surface area contributed by atoms with Gasteiger partial charge in [0.05, 0.1) is 4.92 Å². The van der Waals surface area contributed by atoms with Crippen LogP contribution in [0.3, 0.4) is 0 Å². The number of aromatic nitrogens is 4. The van der Waals surface area contributed by atoms with Gasteiger partial charge in [0, 0.05) is 0 Å². The van der Waals surface area contributed by atoms with Crippen molar-refractivity contribution in [3.63, 3.8) is 0 Å². The molecule has 0 aliphatic carbocycles. The van der Waals surface area contributed by atoms with Crippen molar-refractivity contribution >= 4 is 34.7 Å². The molecule has 0 spiro atoms. The van der Waals surface area contributed by atoms with Gasteiger partial charge in [0.2, 0.25) is 5.95 Å². The Balaban J connectivity index is 2.37. The monoisotopic (exact) mass is 285 g/mol. The minimum Gasteiger partial charge on any atom is -0.292 e. The second-order valence-electron chi connectivity index (χ2n) is 2.97. The summed E-state index contributed by atoms with van der Waals surface area (Å²) in [7, 11) is 0. The summed E-state index contributed by atoms with van der Waals surface area (Å²) in [5.41, 5.74) is 2.03. The second-order valence-corrected chi connectivity index (χ2v) is 5.39. The summed E-state index contributed by atoms with van der Waals surface area (Å²) in [6, 6.07) is 0. The first-order valence-corrected chi connectivity index (χ1v) is 6.19. The minimum atomic E-state index is -0.559. The normalized spacial score (nSPS) is 10.3. The largest absolute Gasteiger partial charge is 0.320 e. The van der Waals surface area contributed by atoms with Crippen LogP contribution in [0.4, 0.5) is 11.6 Å². The molecule has 0 fully saturated rings. The maximum Gasteiger partial charge on any atom is 0.320 e. The summed E-state index contributed by atoms with van der Waals surface area (Å²) >= 11 is 2.37. The zero-order chi connectivity index (χ0) is 13.1. The van der Waals surface area contributed by atoms with E-state index in [4.69, 9.17) is 5.84 Å². The topological polar surface area (TPSA) is 133 Å². The van der Waals surface area contributed by atoms with Crippen molar-refractivity contribution in [1.29, 1.82) is 0 Å². The van der Waals surface area contributed by atoms with Crippen LogP contribution in [0, 0.1) is 17.0 Å². The van der Waals surface area contributed by atoms with Crippen LogP contribution in [0.1, 0.15) is 5.01 Å². The molecule has 0 aromatic carbocycles. The van der Waals surface area contributed by atoms with Gasteiger partial charge >= 0.3 is 5.69 Å². The fourth-order valence-corrected chi connectivity index (χ4v) is 2.82. The van der Waals surface area contributed by atoms with E-state index >= 15 is 0 Å². The number of hydrogen-bond donors (Lipinski definition) is 2. The van der Waals surface area contributed by atoms with Crippen LogP contribution in [-0.4, -0.2) is 25.1 Å². The Morgan fingerprint density at radius 2 is 2.33 bits per heavy atom. The van der Waals surface area contributed by atoms with Gasteiger partial charge < -0.3 is 0 Å². The van der Waals surface area contributed by atoms with Crippen LogP contribution < -0.4 is 11.3 Å². The van der Waals surface area contributed by atoms with E-state index in [1.807, 2.05) is 0 Å². The summed E-state index contributed by atoms with van der Waals surface area (Å²) in [4.78, 5) is 17.9. The molecule has 2 rings (SSSR count). The van der Waals surface area contributed by atoms with Gasteiger partial charge in [-0.2, -0.15) is 4.98 Å². The molecule has 0 atom stereocenters. The van der Waals surface area contributed by atoms with Crippen molar-refractivity contribution in [1.82, 2.24) is 20.2 Å². The molecule has 0 radical (unpaired) electrons. The number of anilines is 1. The van der Waals surface area contributed by atoms with Crippen molar-refractivity contribution in [3.8, 4) is 0 Å². The van der Waals surface area contributed by atoms with Crippen LogP contribution in [0.5, 0.6) is 0 Å². The minimum absolute atomic E-state index is 0.101. The third-order valence-electron chi connectivity index (χ3n) is 1.75. The summed E-state index contributed by atoms with van der Waals surface area (Å²) < 4.78 is 0.567. The van der Waals surface area contributed by atoms with Crippen LogP contribution >= 0.6 is 23.1 Å². The fourth-order valence-electron chi connectivity index (χ4n) is 1.03. The molecule has 2 heterocycles. The lowest BCUT2D eigenvalue weighted by molar-refractivity contribution is -0.388. The molecular formula is C7H7N7O2S2. The lowest BCUT2D eigenvalue weighted by Gasteiger charge is -2.01. The molecule has 0 aliphatic rings. The van der Waals surface area contributed by atoms with Gasteiger partial charge in [-0.15, -0.1) is 10.2 Å². The molecule has 3 N–H and O–H groups in total. The molecule has 0 aliphatic heterocycles. The first kappa shape index (κ1) is 12.6. The maximum atomic E-state index is 10.8. The zero-order valence-corrected chi connectivity index (χ0v) is 10.7. The van der Waals surface area contributed by atoms with Gasteiger partial charge in [0.1, 0.15) is 11.2 Å². The molecule has 9 nitrogen and oxygen atoms in total. The first-order chi connectivity index (χ1) is 8.60. The highest BCUT2D eigenvalue weighted by atomic mass is 32.2. The Morgan fingerprint density at radius 1 is 1.56 bits per heavy atom. The van der Waals surface area contributed by atoms with E-state index in [9.17, 15) is 10.1 Å². The lowest BCUT2D eigenvalue weighted by atomic mass is 10.5. The number of hydrazine groups is 1. The van der Waals surface area contributed by atoms with Crippen LogP contribution in [0.2, 0.25) is 0 Å². The first-order valence-electron chi connectivity index (χ1n) is 4.56. The van der Waals surface area contributed by atoms with E-state index in [0.717, 1.165) is 23.0 Å². The van der Waals surface area contributed by atoms with Crippen molar-refractivity contribution in [2.75, 3.05) is 5.43 Å². The number of hydrogen-bond acceptors (Lipinski definition) is 10. The van der Waals surface area contributed by atoms with Crippen molar-refractivity contribution < 1.29 is 4.92 Å². The fraction of sp³-hybridized carbons (Fsp3) is 0.143. The molecule has 11 heteroatoms. The Morgan fingerprint density at radius 3 is 2.89 bits per heavy atom. The number of nitrogens with two attached hydrogens (primary N) is 1. The smallest absolute Gasteiger partial charge is 0.292 e. The highest BCUT2D eigenvalue weighted by Gasteiger charge is 2.19. The molecule has 94 valence electrons. The molecule has 0 unspecified atom stereocenters. The van der Waals surface area contributed by atoms with E-state index in [1.54, 1.807) is 6.92 Å². The van der Waals surface area contributed by atoms with Gasteiger partial charge in [0.25, 0.3) is 0 Å². The average Bonchev–Trinajstić information content (AvgIpc) is 2.74. The van der Waals surface area contributed by atoms with Gasteiger partial charge in [-0.05, 0) is 18.7 Å². The second kappa shape index (κ2) is 5.20. The van der Waals surface area contributed by atoms with Gasteiger partial charge in [-0.25, -0.2) is 10.8 Å². The highest BCUT2D eigenvalue weighted by molar-refractivity contribution is 8.01. The predicted octanol–water partition coefficient (Wildman–Crippen LogP) is 0.982. The molecule has 0 saturated heterocycles. The molecule has 0 bridgehead atoms. The predicted molar refractivity (Wildman–Crippen MR) is 65.3 cm³/mol. The molecule has 0 saturated carbocycles. The van der Waals surface area contributed by atoms with Gasteiger partial charge in [-0.3, -0.25) is 15.5 Å². The Hall–Kier alpha value is -1.85. The SMILES string of the molecule is Cc1nnc(Sc2nc(NN)ncc2[N+](=O)[O-])s1. The standard InChI is InChI=1S/C7H7N7O2S2/c1-3-12-13-7(17-3)18-5-4(14(15)16)2-9-6(10-5)11-8/h2H,8H2,1H3,(H,9,10,11). The molecule has 18 heavy (non-hydrogen) atoms. The maximum absolute atomic E-state index is 10.8. The van der Waals surface area contributed by atoms with E-state index in [1.165, 1.54) is 11.3 Å². The van der Waals surface area contributed by atoms with Crippen LogP contribution in [0.25, 0.3) is 0 Å². The number of nitrogens with one attached hydrogen (secondary N) is 1. The zero-order valence-electron chi connectivity index (χ0n) is 9.02. The van der Waals surface area contributed by atoms with E-state index in [-0.39, 0.29) is 16.7 Å². The number of nitrogen functional groups attached to an aromatic ring is 1. The van der Waals surface area contributed by atoms with Crippen molar-refractivity contribution in [2.45, 2.75) is 16.3 Å². The summed E-state index contributed by atoms with van der Waals surface area (Å²) in [6.45, 7) is 1.79. The summed E-state index contributed by atoms with van der Waals surface area (Å²) in [6.07, 6.45) is 1.10. The number of nitrogens with zero attached hydrogens (tertiary/aromatic N) is 5. The average molecular weight is 285 g/mol. The highest BCUT2D eigenvalue weighted by Crippen LogP contribution is 2.34. The van der Waals surface area contributed by atoms with Crippen LogP contribution in [0.15, 0.2) is 15.6 Å². The lowest BCUT2D eigenvalue weighted by Crippen LogP contribution is -2.11. The Labute approximate surface area is 109 Å². The summed E-state index contributed by atoms with van der Waals surface area (Å²) in [5, 5.41) is 19.5. The Bertz CT molecular complexity index is 587. The third-order valence-corrected chi connectivity index (χ3v) is 3.64. The van der Waals surface area contributed by atoms with E-state index in [2.05, 4.69) is 25.6 Å². The number of rotatable bonds is 4. The number of aryl methyl sites for hydroxylation is 1. The van der Waals surface area contributed by atoms with Gasteiger partial charge in [-0.1, -0.05) is 11.3 Å². The van der Waals surface area contributed by atoms with Crippen molar-refractivity contribution in [2.24, 2.45) is 5.84 Å². The number of nitro groups is 1. The summed E-state index contributed by atoms with van der Waals surface area (Å²) in [5.74, 6) is 5.26. The molecule has 0 amide bonds. The molecule has 2 aromatic rings. The van der Waals surface area contributed by atoms with Crippen molar-refractivity contribution in [3.05, 3.63) is 21.3 Å².